The van der Waals surface area contributed by atoms with Crippen molar-refractivity contribution in [2.24, 2.45) is 0 Å². The van der Waals surface area contributed by atoms with E-state index in [1.807, 2.05) is 13.8 Å². The highest BCUT2D eigenvalue weighted by Gasteiger charge is 2.10. The van der Waals surface area contributed by atoms with Gasteiger partial charge >= 0.3 is 7.12 Å². The van der Waals surface area contributed by atoms with Crippen LogP contribution in [0.15, 0.2) is 24.3 Å². The fourth-order valence-electron chi connectivity index (χ4n) is 0.980. The number of carbonyl (C=O) groups excluding carboxylic acids is 1. The summed E-state index contributed by atoms with van der Waals surface area (Å²) < 4.78 is 0. The Hall–Kier alpha value is -1.33. The summed E-state index contributed by atoms with van der Waals surface area (Å²) in [6.45, 7) is 5.39. The van der Waals surface area contributed by atoms with Gasteiger partial charge in [0, 0.05) is 12.6 Å². The molecule has 1 amide bonds. The Morgan fingerprint density at radius 1 is 1.33 bits per heavy atom. The lowest BCUT2D eigenvalue weighted by Gasteiger charge is -2.04. The molecule has 0 heterocycles. The molecule has 5 heteroatoms. The number of hydrogen-bond acceptors (Lipinski definition) is 3. The van der Waals surface area contributed by atoms with Crippen molar-refractivity contribution in [1.29, 1.82) is 0 Å². The maximum atomic E-state index is 10.7. The summed E-state index contributed by atoms with van der Waals surface area (Å²) in [6.07, 6.45) is 0. The van der Waals surface area contributed by atoms with Crippen molar-refractivity contribution in [1.82, 2.24) is 0 Å². The van der Waals surface area contributed by atoms with Gasteiger partial charge in [-0.05, 0) is 17.6 Å². The molecule has 1 aromatic carbocycles. The van der Waals surface area contributed by atoms with Gasteiger partial charge in [0.2, 0.25) is 5.91 Å². The van der Waals surface area contributed by atoms with Crippen LogP contribution in [0.4, 0.5) is 5.69 Å². The monoisotopic (exact) mass is 209 g/mol. The van der Waals surface area contributed by atoms with Crippen molar-refractivity contribution in [2.45, 2.75) is 20.8 Å². The number of amides is 1. The highest BCUT2D eigenvalue weighted by molar-refractivity contribution is 6.58. The van der Waals surface area contributed by atoms with Crippen molar-refractivity contribution in [3.63, 3.8) is 0 Å². The second-order valence-corrected chi connectivity index (χ2v) is 2.68. The molecule has 15 heavy (non-hydrogen) atoms. The van der Waals surface area contributed by atoms with Gasteiger partial charge in [0.25, 0.3) is 0 Å². The average Bonchev–Trinajstić information content (AvgIpc) is 2.20. The van der Waals surface area contributed by atoms with Crippen LogP contribution in [-0.4, -0.2) is 23.1 Å². The van der Waals surface area contributed by atoms with Crippen LogP contribution in [0.1, 0.15) is 20.8 Å². The lowest BCUT2D eigenvalue weighted by atomic mass is 9.80. The number of carbonyl (C=O) groups is 1. The fraction of sp³-hybridized carbons (Fsp3) is 0.300. The molecule has 0 aliphatic carbocycles. The van der Waals surface area contributed by atoms with Gasteiger partial charge in [0.05, 0.1) is 0 Å². The Bertz CT molecular complexity index is 315. The van der Waals surface area contributed by atoms with Gasteiger partial charge < -0.3 is 15.4 Å². The van der Waals surface area contributed by atoms with E-state index >= 15 is 0 Å². The molecule has 3 N–H and O–H groups in total. The quantitative estimate of drug-likeness (QED) is 0.615. The summed E-state index contributed by atoms with van der Waals surface area (Å²) >= 11 is 0. The third kappa shape index (κ3) is 5.19. The van der Waals surface area contributed by atoms with Crippen molar-refractivity contribution < 1.29 is 14.8 Å². The lowest BCUT2D eigenvalue weighted by molar-refractivity contribution is -0.114. The number of benzene rings is 1. The minimum absolute atomic E-state index is 0.190. The van der Waals surface area contributed by atoms with Gasteiger partial charge in [-0.1, -0.05) is 26.0 Å². The molecule has 0 unspecified atom stereocenters. The largest absolute Gasteiger partial charge is 0.488 e. The molecule has 0 radical (unpaired) electrons. The molecule has 0 aromatic heterocycles. The molecule has 1 rings (SSSR count). The SMILES string of the molecule is CC.CC(=O)Nc1cccc(B(O)O)c1. The average molecular weight is 209 g/mol. The summed E-state index contributed by atoms with van der Waals surface area (Å²) in [5.41, 5.74) is 0.907. The summed E-state index contributed by atoms with van der Waals surface area (Å²) in [5, 5.41) is 20.2. The molecule has 4 nitrogen and oxygen atoms in total. The molecule has 0 aliphatic heterocycles. The zero-order chi connectivity index (χ0) is 11.8. The Balaban J connectivity index is 0.000000921. The van der Waals surface area contributed by atoms with Gasteiger partial charge in [-0.25, -0.2) is 0 Å². The zero-order valence-corrected chi connectivity index (χ0v) is 9.19. The van der Waals surface area contributed by atoms with Crippen LogP contribution in [0.5, 0.6) is 0 Å². The normalized spacial score (nSPS) is 8.60. The molecule has 0 bridgehead atoms. The van der Waals surface area contributed by atoms with E-state index in [-0.39, 0.29) is 5.91 Å². The molecule has 1 aromatic rings. The van der Waals surface area contributed by atoms with E-state index in [0.29, 0.717) is 11.2 Å². The summed E-state index contributed by atoms with van der Waals surface area (Å²) in [5.74, 6) is -0.190. The van der Waals surface area contributed by atoms with Crippen LogP contribution in [0, 0.1) is 0 Å². The predicted octanol–water partition coefficient (Wildman–Crippen LogP) is 0.351. The van der Waals surface area contributed by atoms with Gasteiger partial charge in [-0.3, -0.25) is 4.79 Å². The number of anilines is 1. The third-order valence-electron chi connectivity index (χ3n) is 1.51. The van der Waals surface area contributed by atoms with Crippen molar-refractivity contribution in [2.75, 3.05) is 5.32 Å². The van der Waals surface area contributed by atoms with Gasteiger partial charge in [0.1, 0.15) is 0 Å². The smallest absolute Gasteiger partial charge is 0.423 e. The Morgan fingerprint density at radius 2 is 1.93 bits per heavy atom. The second kappa shape index (κ2) is 7.03. The van der Waals surface area contributed by atoms with E-state index < -0.39 is 7.12 Å². The molecule has 0 saturated carbocycles. The number of rotatable bonds is 2. The van der Waals surface area contributed by atoms with Crippen LogP contribution < -0.4 is 10.8 Å². The van der Waals surface area contributed by atoms with Crippen molar-refractivity contribution >= 4 is 24.2 Å². The fourth-order valence-corrected chi connectivity index (χ4v) is 0.980. The van der Waals surface area contributed by atoms with Crippen LogP contribution in [0.2, 0.25) is 0 Å². The Morgan fingerprint density at radius 3 is 2.40 bits per heavy atom. The summed E-state index contributed by atoms with van der Waals surface area (Å²) in [4.78, 5) is 10.7. The van der Waals surface area contributed by atoms with Gasteiger partial charge in [-0.2, -0.15) is 0 Å². The Kier molecular flexibility index (Phi) is 6.41. The van der Waals surface area contributed by atoms with E-state index in [2.05, 4.69) is 5.32 Å². The van der Waals surface area contributed by atoms with E-state index in [1.165, 1.54) is 13.0 Å². The van der Waals surface area contributed by atoms with E-state index in [9.17, 15) is 4.79 Å². The van der Waals surface area contributed by atoms with E-state index in [4.69, 9.17) is 10.0 Å². The molecule has 82 valence electrons. The molecule has 0 spiro atoms. The maximum Gasteiger partial charge on any atom is 0.488 e. The minimum Gasteiger partial charge on any atom is -0.423 e. The first-order valence-electron chi connectivity index (χ1n) is 4.83. The topological polar surface area (TPSA) is 69.6 Å². The Labute approximate surface area is 90.1 Å². The molecule has 0 atom stereocenters. The zero-order valence-electron chi connectivity index (χ0n) is 9.19. The van der Waals surface area contributed by atoms with E-state index in [1.54, 1.807) is 18.2 Å². The number of hydrogen-bond donors (Lipinski definition) is 3. The molecular weight excluding hydrogens is 193 g/mol. The molecule has 0 aliphatic rings. The summed E-state index contributed by atoms with van der Waals surface area (Å²) in [7, 11) is -1.51. The lowest BCUT2D eigenvalue weighted by Crippen LogP contribution is -2.29. The second-order valence-electron chi connectivity index (χ2n) is 2.68. The minimum atomic E-state index is -1.51. The van der Waals surface area contributed by atoms with Crippen LogP contribution in [0.3, 0.4) is 0 Å². The highest BCUT2D eigenvalue weighted by atomic mass is 16.4. The standard InChI is InChI=1S/C8H10BNO3.C2H6/c1-6(11)10-8-4-2-3-7(5-8)9(12)13;1-2/h2-5,12-13H,1H3,(H,10,11);1-2H3. The van der Waals surface area contributed by atoms with Crippen molar-refractivity contribution in [3.05, 3.63) is 24.3 Å². The predicted molar refractivity (Wildman–Crippen MR) is 61.9 cm³/mol. The number of nitrogens with one attached hydrogen (secondary N) is 1. The first-order valence-corrected chi connectivity index (χ1v) is 4.83. The molecular formula is C10H16BNO3. The first-order chi connectivity index (χ1) is 7.09. The maximum absolute atomic E-state index is 10.7. The van der Waals surface area contributed by atoms with Crippen LogP contribution >= 0.6 is 0 Å². The summed E-state index contributed by atoms with van der Waals surface area (Å²) in [6, 6.07) is 6.38. The third-order valence-corrected chi connectivity index (χ3v) is 1.51. The highest BCUT2D eigenvalue weighted by Crippen LogP contribution is 2.03. The van der Waals surface area contributed by atoms with Crippen LogP contribution in [0.25, 0.3) is 0 Å². The van der Waals surface area contributed by atoms with Gasteiger partial charge in [-0.15, -0.1) is 0 Å². The molecule has 0 fully saturated rings. The van der Waals surface area contributed by atoms with E-state index in [0.717, 1.165) is 0 Å². The first kappa shape index (κ1) is 13.7. The van der Waals surface area contributed by atoms with Gasteiger partial charge in [0.15, 0.2) is 0 Å². The molecule has 0 saturated heterocycles. The van der Waals surface area contributed by atoms with Crippen LogP contribution in [-0.2, 0) is 4.79 Å². The van der Waals surface area contributed by atoms with Crippen molar-refractivity contribution in [3.8, 4) is 0 Å².